The number of piperidine rings is 2. The normalized spacial score (nSPS) is 23.0. The lowest BCUT2D eigenvalue weighted by molar-refractivity contribution is -0.140. The van der Waals surface area contributed by atoms with Crippen LogP contribution in [0.4, 0.5) is 0 Å². The van der Waals surface area contributed by atoms with E-state index in [1.165, 1.54) is 32.4 Å². The third-order valence-corrected chi connectivity index (χ3v) is 5.53. The van der Waals surface area contributed by atoms with Crippen molar-refractivity contribution in [2.24, 2.45) is 12.5 Å². The molecule has 2 aliphatic rings. The Kier molecular flexibility index (Phi) is 5.46. The SMILES string of the molecule is Cn1c(CN2CCCCC2)nnc1[C@H]1CCCN(C(=O)C(C)(C)C)C1. The molecular formula is C19H33N5O. The van der Waals surface area contributed by atoms with Crippen LogP contribution in [0, 0.1) is 5.41 Å². The Labute approximate surface area is 151 Å². The van der Waals surface area contributed by atoms with E-state index in [0.29, 0.717) is 5.92 Å². The molecule has 25 heavy (non-hydrogen) atoms. The van der Waals surface area contributed by atoms with Gasteiger partial charge in [0.25, 0.3) is 0 Å². The molecule has 1 amide bonds. The maximum atomic E-state index is 12.6. The topological polar surface area (TPSA) is 54.3 Å². The molecule has 2 fully saturated rings. The van der Waals surface area contributed by atoms with Gasteiger partial charge in [-0.15, -0.1) is 10.2 Å². The number of hydrogen-bond acceptors (Lipinski definition) is 4. The summed E-state index contributed by atoms with van der Waals surface area (Å²) in [5, 5.41) is 8.98. The zero-order chi connectivity index (χ0) is 18.0. The zero-order valence-corrected chi connectivity index (χ0v) is 16.3. The molecule has 6 heteroatoms. The third-order valence-electron chi connectivity index (χ3n) is 5.53. The molecule has 0 unspecified atom stereocenters. The number of nitrogens with zero attached hydrogens (tertiary/aromatic N) is 5. The number of hydrogen-bond donors (Lipinski definition) is 0. The van der Waals surface area contributed by atoms with Crippen LogP contribution in [0.15, 0.2) is 0 Å². The maximum Gasteiger partial charge on any atom is 0.227 e. The Morgan fingerprint density at radius 3 is 2.48 bits per heavy atom. The fourth-order valence-electron chi connectivity index (χ4n) is 4.03. The van der Waals surface area contributed by atoms with Crippen molar-refractivity contribution >= 4 is 5.91 Å². The molecule has 1 aromatic rings. The number of likely N-dealkylation sites (tertiary alicyclic amines) is 2. The van der Waals surface area contributed by atoms with Crippen molar-refractivity contribution in [2.75, 3.05) is 26.2 Å². The van der Waals surface area contributed by atoms with Crippen LogP contribution in [0.1, 0.15) is 70.4 Å². The van der Waals surface area contributed by atoms with Crippen molar-refractivity contribution in [1.82, 2.24) is 24.6 Å². The summed E-state index contributed by atoms with van der Waals surface area (Å²) in [6.07, 6.45) is 6.05. The number of carbonyl (C=O) groups excluding carboxylic acids is 1. The summed E-state index contributed by atoms with van der Waals surface area (Å²) in [5.41, 5.74) is -0.318. The third kappa shape index (κ3) is 4.22. The molecule has 1 aromatic heterocycles. The van der Waals surface area contributed by atoms with Crippen LogP contribution in [0.5, 0.6) is 0 Å². The van der Waals surface area contributed by atoms with E-state index >= 15 is 0 Å². The predicted molar refractivity (Wildman–Crippen MR) is 98.1 cm³/mol. The van der Waals surface area contributed by atoms with E-state index < -0.39 is 0 Å². The lowest BCUT2D eigenvalue weighted by Crippen LogP contribution is -2.45. The van der Waals surface area contributed by atoms with Crippen molar-refractivity contribution in [3.05, 3.63) is 11.6 Å². The molecule has 140 valence electrons. The molecule has 2 saturated heterocycles. The maximum absolute atomic E-state index is 12.6. The molecule has 2 aliphatic heterocycles. The van der Waals surface area contributed by atoms with E-state index in [2.05, 4.69) is 26.7 Å². The van der Waals surface area contributed by atoms with Gasteiger partial charge in [-0.2, -0.15) is 0 Å². The fraction of sp³-hybridized carbons (Fsp3) is 0.842. The lowest BCUT2D eigenvalue weighted by atomic mass is 9.91. The second-order valence-electron chi connectivity index (χ2n) is 8.71. The average Bonchev–Trinajstić information content (AvgIpc) is 2.95. The Morgan fingerprint density at radius 2 is 1.80 bits per heavy atom. The molecule has 0 spiro atoms. The number of aromatic nitrogens is 3. The largest absolute Gasteiger partial charge is 0.342 e. The van der Waals surface area contributed by atoms with Gasteiger partial charge in [-0.05, 0) is 38.8 Å². The first-order valence-corrected chi connectivity index (χ1v) is 9.76. The minimum Gasteiger partial charge on any atom is -0.342 e. The van der Waals surface area contributed by atoms with E-state index in [4.69, 9.17) is 0 Å². The lowest BCUT2D eigenvalue weighted by Gasteiger charge is -2.36. The van der Waals surface area contributed by atoms with Crippen LogP contribution in [-0.2, 0) is 18.4 Å². The highest BCUT2D eigenvalue weighted by molar-refractivity contribution is 5.81. The van der Waals surface area contributed by atoms with E-state index in [1.807, 2.05) is 25.7 Å². The monoisotopic (exact) mass is 347 g/mol. The van der Waals surface area contributed by atoms with Crippen LogP contribution in [0.3, 0.4) is 0 Å². The molecule has 0 N–H and O–H groups in total. The second-order valence-corrected chi connectivity index (χ2v) is 8.71. The smallest absolute Gasteiger partial charge is 0.227 e. The van der Waals surface area contributed by atoms with E-state index in [1.54, 1.807) is 0 Å². The van der Waals surface area contributed by atoms with Crippen LogP contribution >= 0.6 is 0 Å². The van der Waals surface area contributed by atoms with E-state index in [0.717, 1.165) is 44.1 Å². The van der Waals surface area contributed by atoms with Gasteiger partial charge in [-0.3, -0.25) is 9.69 Å². The van der Waals surface area contributed by atoms with Crippen molar-refractivity contribution in [3.8, 4) is 0 Å². The van der Waals surface area contributed by atoms with Crippen LogP contribution in [0.2, 0.25) is 0 Å². The van der Waals surface area contributed by atoms with Gasteiger partial charge >= 0.3 is 0 Å². The van der Waals surface area contributed by atoms with E-state index in [-0.39, 0.29) is 11.3 Å². The number of carbonyl (C=O) groups is 1. The molecule has 0 saturated carbocycles. The average molecular weight is 348 g/mol. The van der Waals surface area contributed by atoms with Gasteiger partial charge in [0.1, 0.15) is 11.6 Å². The van der Waals surface area contributed by atoms with Crippen LogP contribution in [0.25, 0.3) is 0 Å². The highest BCUT2D eigenvalue weighted by Gasteiger charge is 2.33. The molecule has 0 aliphatic carbocycles. The molecule has 3 rings (SSSR count). The first-order chi connectivity index (χ1) is 11.9. The van der Waals surface area contributed by atoms with Gasteiger partial charge in [0.05, 0.1) is 6.54 Å². The summed E-state index contributed by atoms with van der Waals surface area (Å²) < 4.78 is 2.17. The summed E-state index contributed by atoms with van der Waals surface area (Å²) in [5.74, 6) is 2.63. The fourth-order valence-corrected chi connectivity index (χ4v) is 4.03. The van der Waals surface area contributed by atoms with Gasteiger partial charge in [0.2, 0.25) is 5.91 Å². The highest BCUT2D eigenvalue weighted by Crippen LogP contribution is 2.29. The van der Waals surface area contributed by atoms with Crippen molar-refractivity contribution in [2.45, 2.75) is 65.3 Å². The molecule has 0 radical (unpaired) electrons. The van der Waals surface area contributed by atoms with Gasteiger partial charge in [0.15, 0.2) is 0 Å². The quantitative estimate of drug-likeness (QED) is 0.843. The van der Waals surface area contributed by atoms with Crippen LogP contribution < -0.4 is 0 Å². The summed E-state index contributed by atoms with van der Waals surface area (Å²) in [6, 6.07) is 0. The minimum atomic E-state index is -0.318. The molecule has 3 heterocycles. The van der Waals surface area contributed by atoms with Gasteiger partial charge in [-0.1, -0.05) is 27.2 Å². The Bertz CT molecular complexity index is 597. The second kappa shape index (κ2) is 7.44. The molecule has 1 atom stereocenters. The van der Waals surface area contributed by atoms with Gasteiger partial charge in [-0.25, -0.2) is 0 Å². The Balaban J connectivity index is 1.68. The first kappa shape index (κ1) is 18.4. The standard InChI is InChI=1S/C19H33N5O/c1-19(2,3)18(25)24-12-8-9-15(13-24)17-21-20-16(22(17)4)14-23-10-6-5-7-11-23/h15H,5-14H2,1-4H3/t15-/m0/s1. The molecule has 6 nitrogen and oxygen atoms in total. The summed E-state index contributed by atoms with van der Waals surface area (Å²) >= 11 is 0. The minimum absolute atomic E-state index is 0.243. The van der Waals surface area contributed by atoms with Crippen LogP contribution in [-0.4, -0.2) is 56.7 Å². The van der Waals surface area contributed by atoms with Gasteiger partial charge < -0.3 is 9.47 Å². The number of amides is 1. The Hall–Kier alpha value is -1.43. The molecule has 0 aromatic carbocycles. The zero-order valence-electron chi connectivity index (χ0n) is 16.3. The van der Waals surface area contributed by atoms with Crippen molar-refractivity contribution < 1.29 is 4.79 Å². The van der Waals surface area contributed by atoms with Crippen molar-refractivity contribution in [3.63, 3.8) is 0 Å². The predicted octanol–water partition coefficient (Wildman–Crippen LogP) is 2.55. The highest BCUT2D eigenvalue weighted by atomic mass is 16.2. The summed E-state index contributed by atoms with van der Waals surface area (Å²) in [7, 11) is 2.08. The summed E-state index contributed by atoms with van der Waals surface area (Å²) in [4.78, 5) is 17.1. The van der Waals surface area contributed by atoms with E-state index in [9.17, 15) is 4.79 Å². The first-order valence-electron chi connectivity index (χ1n) is 9.76. The van der Waals surface area contributed by atoms with Gasteiger partial charge in [0, 0.05) is 31.5 Å². The summed E-state index contributed by atoms with van der Waals surface area (Å²) in [6.45, 7) is 10.9. The Morgan fingerprint density at radius 1 is 1.08 bits per heavy atom. The van der Waals surface area contributed by atoms with Crippen molar-refractivity contribution in [1.29, 1.82) is 0 Å². The molecular weight excluding hydrogens is 314 g/mol. The molecule has 0 bridgehead atoms. The number of rotatable bonds is 3.